The van der Waals surface area contributed by atoms with E-state index in [9.17, 15) is 4.79 Å². The third-order valence-electron chi connectivity index (χ3n) is 2.93. The van der Waals surface area contributed by atoms with Gasteiger partial charge in [-0.2, -0.15) is 5.26 Å². The summed E-state index contributed by atoms with van der Waals surface area (Å²) in [6.07, 6.45) is 0.407. The van der Waals surface area contributed by atoms with Crippen LogP contribution in [0.3, 0.4) is 0 Å². The Kier molecular flexibility index (Phi) is 3.12. The van der Waals surface area contributed by atoms with Crippen LogP contribution in [0.2, 0.25) is 0 Å². The van der Waals surface area contributed by atoms with E-state index in [0.29, 0.717) is 13.0 Å². The summed E-state index contributed by atoms with van der Waals surface area (Å²) in [5.41, 5.74) is 4.15. The molecule has 1 aliphatic rings. The fraction of sp³-hybridized carbons (Fsp3) is 0.385. The van der Waals surface area contributed by atoms with Crippen LogP contribution in [0.15, 0.2) is 12.1 Å². The topological polar surface area (TPSA) is 64.9 Å². The summed E-state index contributed by atoms with van der Waals surface area (Å²) >= 11 is 0. The average Bonchev–Trinajstić information content (AvgIpc) is 2.55. The highest BCUT2D eigenvalue weighted by molar-refractivity contribution is 6.03. The summed E-state index contributed by atoms with van der Waals surface area (Å²) in [6, 6.07) is 5.79. The van der Waals surface area contributed by atoms with Crippen molar-refractivity contribution in [3.63, 3.8) is 0 Å². The number of fused-ring (bicyclic) bond motifs is 1. The Morgan fingerprint density at radius 1 is 1.47 bits per heavy atom. The molecule has 1 heterocycles. The number of hydrogen-bond donors (Lipinski definition) is 2. The monoisotopic (exact) mass is 229 g/mol. The Morgan fingerprint density at radius 2 is 2.24 bits per heavy atom. The van der Waals surface area contributed by atoms with Crippen LogP contribution in [0.25, 0.3) is 0 Å². The molecule has 0 radical (unpaired) electrons. The van der Waals surface area contributed by atoms with Crippen molar-refractivity contribution in [1.82, 2.24) is 5.32 Å². The number of carbonyl (C=O) groups excluding carboxylic acids is 1. The van der Waals surface area contributed by atoms with Gasteiger partial charge >= 0.3 is 0 Å². The van der Waals surface area contributed by atoms with Gasteiger partial charge in [0.15, 0.2) is 0 Å². The summed E-state index contributed by atoms with van der Waals surface area (Å²) in [5.74, 6) is -0.0355. The van der Waals surface area contributed by atoms with E-state index in [-0.39, 0.29) is 11.9 Å². The highest BCUT2D eigenvalue weighted by Gasteiger charge is 2.31. The molecule has 1 atom stereocenters. The van der Waals surface area contributed by atoms with Gasteiger partial charge in [-0.05, 0) is 31.0 Å². The van der Waals surface area contributed by atoms with Gasteiger partial charge in [0.25, 0.3) is 0 Å². The first-order chi connectivity index (χ1) is 8.13. The Bertz CT molecular complexity index is 502. The number of carbonyl (C=O) groups is 1. The standard InChI is InChI=1S/C13H15N3O/c1-8-6-9(2)11-10(7-8)16-13(17)12(11)15-5-3-4-14/h6-7,12,15H,3,5H2,1-2H3,(H,16,17). The van der Waals surface area contributed by atoms with Gasteiger partial charge in [-0.1, -0.05) is 6.07 Å². The van der Waals surface area contributed by atoms with E-state index < -0.39 is 0 Å². The highest BCUT2D eigenvalue weighted by atomic mass is 16.2. The molecule has 0 saturated carbocycles. The Morgan fingerprint density at radius 3 is 2.94 bits per heavy atom. The molecule has 2 N–H and O–H groups in total. The molecule has 1 unspecified atom stereocenters. The van der Waals surface area contributed by atoms with Crippen molar-refractivity contribution in [2.24, 2.45) is 0 Å². The van der Waals surface area contributed by atoms with E-state index in [1.807, 2.05) is 19.9 Å². The second kappa shape index (κ2) is 4.56. The third-order valence-corrected chi connectivity index (χ3v) is 2.93. The Hall–Kier alpha value is -1.86. The zero-order valence-electron chi connectivity index (χ0n) is 10.0. The molecule has 1 aromatic carbocycles. The van der Waals surface area contributed by atoms with Crippen molar-refractivity contribution in [2.75, 3.05) is 11.9 Å². The fourth-order valence-electron chi connectivity index (χ4n) is 2.27. The Balaban J connectivity index is 2.27. The summed E-state index contributed by atoms with van der Waals surface area (Å²) in [4.78, 5) is 11.8. The van der Waals surface area contributed by atoms with Crippen molar-refractivity contribution in [2.45, 2.75) is 26.3 Å². The maximum absolute atomic E-state index is 11.8. The number of benzene rings is 1. The Labute approximate surface area is 101 Å². The summed E-state index contributed by atoms with van der Waals surface area (Å²) in [5, 5.41) is 14.5. The lowest BCUT2D eigenvalue weighted by Gasteiger charge is -2.12. The molecule has 0 aliphatic carbocycles. The van der Waals surface area contributed by atoms with Crippen LogP contribution in [-0.4, -0.2) is 12.5 Å². The van der Waals surface area contributed by atoms with Gasteiger partial charge < -0.3 is 10.6 Å². The first kappa shape index (κ1) is 11.6. The van der Waals surface area contributed by atoms with Gasteiger partial charge in [-0.3, -0.25) is 4.79 Å². The minimum absolute atomic E-state index is 0.0355. The number of rotatable bonds is 3. The molecule has 4 nitrogen and oxygen atoms in total. The predicted molar refractivity (Wildman–Crippen MR) is 65.5 cm³/mol. The van der Waals surface area contributed by atoms with Gasteiger partial charge in [0.05, 0.1) is 6.07 Å². The molecule has 0 fully saturated rings. The van der Waals surface area contributed by atoms with Crippen LogP contribution in [0.4, 0.5) is 5.69 Å². The quantitative estimate of drug-likeness (QED) is 0.777. The maximum Gasteiger partial charge on any atom is 0.246 e. The molecule has 1 amide bonds. The van der Waals surface area contributed by atoms with Crippen LogP contribution >= 0.6 is 0 Å². The van der Waals surface area contributed by atoms with Gasteiger partial charge in [0.1, 0.15) is 6.04 Å². The number of amides is 1. The van der Waals surface area contributed by atoms with Gasteiger partial charge in [0, 0.05) is 24.2 Å². The van der Waals surface area contributed by atoms with Crippen molar-refractivity contribution in [1.29, 1.82) is 5.26 Å². The molecular weight excluding hydrogens is 214 g/mol. The molecule has 4 heteroatoms. The largest absolute Gasteiger partial charge is 0.324 e. The molecule has 1 aromatic rings. The van der Waals surface area contributed by atoms with Crippen molar-refractivity contribution < 1.29 is 4.79 Å². The van der Waals surface area contributed by atoms with E-state index in [4.69, 9.17) is 5.26 Å². The average molecular weight is 229 g/mol. The molecule has 0 saturated heterocycles. The highest BCUT2D eigenvalue weighted by Crippen LogP contribution is 2.34. The van der Waals surface area contributed by atoms with E-state index >= 15 is 0 Å². The molecule has 88 valence electrons. The van der Waals surface area contributed by atoms with Crippen LogP contribution in [0, 0.1) is 25.2 Å². The van der Waals surface area contributed by atoms with Crippen LogP contribution in [-0.2, 0) is 4.79 Å². The van der Waals surface area contributed by atoms with E-state index in [1.165, 1.54) is 0 Å². The number of nitrogens with one attached hydrogen (secondary N) is 2. The molecule has 1 aliphatic heterocycles. The second-order valence-corrected chi connectivity index (χ2v) is 4.33. The zero-order chi connectivity index (χ0) is 12.4. The van der Waals surface area contributed by atoms with E-state index in [1.54, 1.807) is 0 Å². The van der Waals surface area contributed by atoms with Crippen molar-refractivity contribution in [3.05, 3.63) is 28.8 Å². The molecular formula is C13H15N3O. The minimum atomic E-state index is -0.320. The molecule has 0 bridgehead atoms. The number of aryl methyl sites for hydroxylation is 2. The lowest BCUT2D eigenvalue weighted by atomic mass is 10.00. The van der Waals surface area contributed by atoms with Crippen molar-refractivity contribution >= 4 is 11.6 Å². The normalized spacial score (nSPS) is 17.5. The summed E-state index contributed by atoms with van der Waals surface area (Å²) in [6.45, 7) is 4.54. The van der Waals surface area contributed by atoms with Gasteiger partial charge in [0.2, 0.25) is 5.91 Å². The molecule has 0 aromatic heterocycles. The first-order valence-electron chi connectivity index (χ1n) is 5.66. The summed E-state index contributed by atoms with van der Waals surface area (Å²) < 4.78 is 0. The minimum Gasteiger partial charge on any atom is -0.324 e. The summed E-state index contributed by atoms with van der Waals surface area (Å²) in [7, 11) is 0. The molecule has 0 spiro atoms. The smallest absolute Gasteiger partial charge is 0.246 e. The van der Waals surface area contributed by atoms with Gasteiger partial charge in [-0.25, -0.2) is 0 Å². The van der Waals surface area contributed by atoms with E-state index in [0.717, 1.165) is 22.4 Å². The molecule has 17 heavy (non-hydrogen) atoms. The fourth-order valence-corrected chi connectivity index (χ4v) is 2.27. The lowest BCUT2D eigenvalue weighted by molar-refractivity contribution is -0.117. The molecule has 2 rings (SSSR count). The van der Waals surface area contributed by atoms with Crippen LogP contribution in [0.5, 0.6) is 0 Å². The predicted octanol–water partition coefficient (Wildman–Crippen LogP) is 1.80. The lowest BCUT2D eigenvalue weighted by Crippen LogP contribution is -2.28. The first-order valence-corrected chi connectivity index (χ1v) is 5.66. The number of anilines is 1. The number of hydrogen-bond acceptors (Lipinski definition) is 3. The number of nitriles is 1. The second-order valence-electron chi connectivity index (χ2n) is 4.33. The SMILES string of the molecule is Cc1cc(C)c2c(c1)NC(=O)C2NCCC#N. The van der Waals surface area contributed by atoms with Gasteiger partial charge in [-0.15, -0.1) is 0 Å². The van der Waals surface area contributed by atoms with Crippen LogP contribution in [0.1, 0.15) is 29.2 Å². The van der Waals surface area contributed by atoms with E-state index in [2.05, 4.69) is 22.8 Å². The number of nitrogens with zero attached hydrogens (tertiary/aromatic N) is 1. The van der Waals surface area contributed by atoms with Crippen molar-refractivity contribution in [3.8, 4) is 6.07 Å². The maximum atomic E-state index is 11.8. The van der Waals surface area contributed by atoms with Crippen LogP contribution < -0.4 is 10.6 Å². The zero-order valence-corrected chi connectivity index (χ0v) is 10.0. The third kappa shape index (κ3) is 2.15.